The smallest absolute Gasteiger partial charge is 0.257 e. The van der Waals surface area contributed by atoms with Gasteiger partial charge in [-0.2, -0.15) is 0 Å². The molecule has 0 spiro atoms. The van der Waals surface area contributed by atoms with Crippen LogP contribution in [0.2, 0.25) is 0 Å². The molecular weight excluding hydrogens is 401 g/mol. The molecule has 0 atom stereocenters. The van der Waals surface area contributed by atoms with Crippen LogP contribution < -0.4 is 11.1 Å². The first kappa shape index (κ1) is 18.1. The molecule has 0 fully saturated rings. The average Bonchev–Trinajstić information content (AvgIpc) is 2.95. The van der Waals surface area contributed by atoms with E-state index in [1.807, 2.05) is 6.92 Å². The van der Waals surface area contributed by atoms with E-state index in [0.29, 0.717) is 29.2 Å². The number of aromatic nitrogens is 2. The minimum absolute atomic E-state index is 0.210. The number of benzene rings is 1. The number of aliphatic imine (C=N–C) groups is 1. The third-order valence-electron chi connectivity index (χ3n) is 3.77. The number of carbonyl (C=O) groups is 1. The average molecular weight is 418 g/mol. The molecule has 8 heteroatoms. The highest BCUT2D eigenvalue weighted by molar-refractivity contribution is 9.10. The molecule has 3 aromatic rings. The molecule has 1 amide bonds. The van der Waals surface area contributed by atoms with E-state index in [9.17, 15) is 9.18 Å². The topological polar surface area (TPSA) is 84.8 Å². The summed E-state index contributed by atoms with van der Waals surface area (Å²) in [5.41, 5.74) is 8.55. The number of nitrogens with two attached hydrogens (primary N) is 1. The van der Waals surface area contributed by atoms with E-state index in [4.69, 9.17) is 5.73 Å². The van der Waals surface area contributed by atoms with Crippen molar-refractivity contribution in [2.24, 2.45) is 4.99 Å². The van der Waals surface area contributed by atoms with E-state index in [1.165, 1.54) is 10.5 Å². The number of nitrogen functional groups attached to an aromatic ring is 1. The number of imidazole rings is 1. The van der Waals surface area contributed by atoms with Gasteiger partial charge in [0.15, 0.2) is 11.5 Å². The minimum Gasteiger partial charge on any atom is -0.398 e. The second-order valence-corrected chi connectivity index (χ2v) is 6.55. The van der Waals surface area contributed by atoms with Gasteiger partial charge in [-0.25, -0.2) is 9.37 Å². The van der Waals surface area contributed by atoms with Crippen LogP contribution >= 0.6 is 15.9 Å². The first-order chi connectivity index (χ1) is 12.4. The van der Waals surface area contributed by atoms with Crippen molar-refractivity contribution in [3.8, 4) is 0 Å². The van der Waals surface area contributed by atoms with Crippen LogP contribution in [-0.4, -0.2) is 28.1 Å². The summed E-state index contributed by atoms with van der Waals surface area (Å²) in [5.74, 6) is -0.952. The van der Waals surface area contributed by atoms with E-state index >= 15 is 0 Å². The molecular formula is C18H17BrFN5O. The number of aryl methyl sites for hydroxylation is 1. The molecule has 3 N–H and O–H groups in total. The number of fused-ring (bicyclic) bond motifs is 1. The number of nitrogens with one attached hydrogen (secondary N) is 1. The molecule has 0 aliphatic heterocycles. The number of nitrogens with zero attached hydrogens (tertiary/aromatic N) is 3. The summed E-state index contributed by atoms with van der Waals surface area (Å²) in [6.07, 6.45) is 4.91. The third-order valence-corrected chi connectivity index (χ3v) is 4.46. The molecule has 0 saturated heterocycles. The fourth-order valence-electron chi connectivity index (χ4n) is 2.57. The zero-order valence-electron chi connectivity index (χ0n) is 14.3. The Balaban J connectivity index is 1.94. The van der Waals surface area contributed by atoms with Crippen LogP contribution in [0.5, 0.6) is 0 Å². The molecule has 0 saturated carbocycles. The van der Waals surface area contributed by atoms with Crippen LogP contribution in [0, 0.1) is 12.7 Å². The number of carbonyl (C=O) groups excluding carboxylic acids is 1. The van der Waals surface area contributed by atoms with Crippen LogP contribution in [0.4, 0.5) is 15.8 Å². The largest absolute Gasteiger partial charge is 0.398 e. The van der Waals surface area contributed by atoms with Gasteiger partial charge >= 0.3 is 0 Å². The Labute approximate surface area is 158 Å². The van der Waals surface area contributed by atoms with Crippen molar-refractivity contribution in [3.63, 3.8) is 0 Å². The molecule has 0 unspecified atom stereocenters. The quantitative estimate of drug-likeness (QED) is 0.499. The number of pyridine rings is 1. The Hall–Kier alpha value is -2.74. The van der Waals surface area contributed by atoms with Crippen molar-refractivity contribution in [1.82, 2.24) is 9.38 Å². The van der Waals surface area contributed by atoms with Crippen molar-refractivity contribution in [1.29, 1.82) is 0 Å². The fraction of sp³-hybridized carbons (Fsp3) is 0.167. The Morgan fingerprint density at radius 2 is 2.23 bits per heavy atom. The van der Waals surface area contributed by atoms with E-state index in [1.54, 1.807) is 37.7 Å². The summed E-state index contributed by atoms with van der Waals surface area (Å²) in [6, 6.07) is 4.56. The molecule has 0 radical (unpaired) electrons. The van der Waals surface area contributed by atoms with Gasteiger partial charge in [0, 0.05) is 41.3 Å². The molecule has 3 rings (SSSR count). The highest BCUT2D eigenvalue weighted by Crippen LogP contribution is 2.26. The van der Waals surface area contributed by atoms with E-state index in [-0.39, 0.29) is 11.2 Å². The van der Waals surface area contributed by atoms with Gasteiger partial charge in [-0.15, -0.1) is 0 Å². The van der Waals surface area contributed by atoms with Crippen molar-refractivity contribution in [3.05, 3.63) is 57.7 Å². The van der Waals surface area contributed by atoms with Gasteiger partial charge < -0.3 is 15.5 Å². The highest BCUT2D eigenvalue weighted by atomic mass is 79.9. The molecule has 0 aliphatic rings. The lowest BCUT2D eigenvalue weighted by Gasteiger charge is -2.11. The number of amides is 1. The molecule has 26 heavy (non-hydrogen) atoms. The summed E-state index contributed by atoms with van der Waals surface area (Å²) < 4.78 is 16.4. The molecule has 2 aromatic heterocycles. The second kappa shape index (κ2) is 7.25. The summed E-state index contributed by atoms with van der Waals surface area (Å²) in [4.78, 5) is 20.9. The predicted molar refractivity (Wildman–Crippen MR) is 105 cm³/mol. The van der Waals surface area contributed by atoms with Gasteiger partial charge in [0.1, 0.15) is 0 Å². The van der Waals surface area contributed by atoms with E-state index < -0.39 is 11.7 Å². The van der Waals surface area contributed by atoms with Crippen LogP contribution in [0.15, 0.2) is 40.1 Å². The zero-order valence-corrected chi connectivity index (χ0v) is 15.8. The standard InChI is InChI=1S/C18H17BrFN5O/c1-3-22-7-13-14(19)5-4-12(16(13)21)18(26)24-11-6-15(20)17-23-10(2)8-25(17)9-11/h4-9H,3,21H2,1-2H3,(H,24,26). The van der Waals surface area contributed by atoms with Crippen molar-refractivity contribution >= 4 is 45.1 Å². The van der Waals surface area contributed by atoms with E-state index in [0.717, 1.165) is 4.47 Å². The van der Waals surface area contributed by atoms with Crippen LogP contribution in [0.25, 0.3) is 5.65 Å². The summed E-state index contributed by atoms with van der Waals surface area (Å²) in [7, 11) is 0. The Morgan fingerprint density at radius 1 is 1.46 bits per heavy atom. The monoisotopic (exact) mass is 417 g/mol. The van der Waals surface area contributed by atoms with Crippen molar-refractivity contribution in [2.45, 2.75) is 13.8 Å². The fourth-order valence-corrected chi connectivity index (χ4v) is 3.02. The number of rotatable bonds is 4. The Kier molecular flexibility index (Phi) is 5.03. The number of halogens is 2. The van der Waals surface area contributed by atoms with Crippen molar-refractivity contribution < 1.29 is 9.18 Å². The van der Waals surface area contributed by atoms with E-state index in [2.05, 4.69) is 31.2 Å². The molecule has 0 aliphatic carbocycles. The van der Waals surface area contributed by atoms with Crippen LogP contribution in [0.1, 0.15) is 28.5 Å². The molecule has 6 nitrogen and oxygen atoms in total. The second-order valence-electron chi connectivity index (χ2n) is 5.69. The third kappa shape index (κ3) is 3.45. The van der Waals surface area contributed by atoms with Gasteiger partial charge in [0.2, 0.25) is 0 Å². The van der Waals surface area contributed by atoms with Gasteiger partial charge in [0.05, 0.1) is 22.6 Å². The normalized spacial score (nSPS) is 11.4. The first-order valence-corrected chi connectivity index (χ1v) is 8.74. The van der Waals surface area contributed by atoms with Gasteiger partial charge in [-0.05, 0) is 26.0 Å². The van der Waals surface area contributed by atoms with Crippen LogP contribution in [-0.2, 0) is 0 Å². The highest BCUT2D eigenvalue weighted by Gasteiger charge is 2.16. The summed E-state index contributed by atoms with van der Waals surface area (Å²) in [5, 5.41) is 2.68. The molecule has 1 aromatic carbocycles. The summed E-state index contributed by atoms with van der Waals surface area (Å²) in [6.45, 7) is 4.28. The van der Waals surface area contributed by atoms with Gasteiger partial charge in [-0.3, -0.25) is 9.79 Å². The molecule has 2 heterocycles. The maximum absolute atomic E-state index is 14.2. The van der Waals surface area contributed by atoms with Crippen LogP contribution in [0.3, 0.4) is 0 Å². The van der Waals surface area contributed by atoms with Gasteiger partial charge in [0.25, 0.3) is 5.91 Å². The lowest BCUT2D eigenvalue weighted by atomic mass is 10.1. The predicted octanol–water partition coefficient (Wildman–Crippen LogP) is 3.82. The minimum atomic E-state index is -0.518. The maximum Gasteiger partial charge on any atom is 0.257 e. The Bertz CT molecular complexity index is 1030. The SMILES string of the molecule is CCN=Cc1c(Br)ccc(C(=O)Nc2cc(F)c3nc(C)cn3c2)c1N. The number of hydrogen-bond acceptors (Lipinski definition) is 4. The lowest BCUT2D eigenvalue weighted by Crippen LogP contribution is -2.16. The maximum atomic E-state index is 14.2. The lowest BCUT2D eigenvalue weighted by molar-refractivity contribution is 0.102. The Morgan fingerprint density at radius 3 is 2.96 bits per heavy atom. The molecule has 0 bridgehead atoms. The number of anilines is 2. The summed E-state index contributed by atoms with van der Waals surface area (Å²) >= 11 is 3.40. The zero-order chi connectivity index (χ0) is 18.8. The van der Waals surface area contributed by atoms with Gasteiger partial charge in [-0.1, -0.05) is 15.9 Å². The molecule has 134 valence electrons. The number of hydrogen-bond donors (Lipinski definition) is 2. The first-order valence-electron chi connectivity index (χ1n) is 7.94. The van der Waals surface area contributed by atoms with Crippen molar-refractivity contribution in [2.75, 3.05) is 17.6 Å².